The van der Waals surface area contributed by atoms with Crippen LogP contribution in [0.3, 0.4) is 0 Å². The predicted molar refractivity (Wildman–Crippen MR) is 134 cm³/mol. The topological polar surface area (TPSA) is 123 Å². The van der Waals surface area contributed by atoms with Gasteiger partial charge in [-0.3, -0.25) is 9.59 Å². The molecule has 0 saturated carbocycles. The van der Waals surface area contributed by atoms with Gasteiger partial charge >= 0.3 is 0 Å². The maximum atomic E-state index is 12.6. The normalized spacial score (nSPS) is 11.2. The van der Waals surface area contributed by atoms with Crippen LogP contribution in [0.4, 0.5) is 5.69 Å². The molecule has 2 N–H and O–H groups in total. The number of H-pyrrole nitrogens is 1. The number of tetrazole rings is 1. The number of halogens is 1. The highest BCUT2D eigenvalue weighted by atomic mass is 35.5. The third kappa shape index (κ3) is 6.54. The number of carbonyl (C=O) groups is 1. The average Bonchev–Trinajstić information content (AvgIpc) is 3.41. The Kier molecular flexibility index (Phi) is 8.24. The van der Waals surface area contributed by atoms with Crippen molar-refractivity contribution in [2.24, 2.45) is 0 Å². The van der Waals surface area contributed by atoms with Crippen LogP contribution in [0.25, 0.3) is 28.6 Å². The minimum atomic E-state index is -0.371. The van der Waals surface area contributed by atoms with Gasteiger partial charge in [-0.15, -0.1) is 16.7 Å². The number of para-hydroxylation sites is 1. The lowest BCUT2D eigenvalue weighted by molar-refractivity contribution is -0.111. The van der Waals surface area contributed by atoms with E-state index in [-0.39, 0.29) is 28.5 Å². The van der Waals surface area contributed by atoms with E-state index in [2.05, 4.69) is 25.9 Å². The molecule has 9 nitrogen and oxygen atoms in total. The van der Waals surface area contributed by atoms with E-state index in [1.807, 2.05) is 24.3 Å². The lowest BCUT2D eigenvalue weighted by Crippen LogP contribution is -2.09. The number of alkyl halides is 1. The Morgan fingerprint density at radius 2 is 1.94 bits per heavy atom. The van der Waals surface area contributed by atoms with Crippen molar-refractivity contribution in [1.29, 1.82) is 0 Å². The van der Waals surface area contributed by atoms with Crippen LogP contribution < -0.4 is 15.5 Å². The summed E-state index contributed by atoms with van der Waals surface area (Å²) in [6, 6.07) is 13.7. The summed E-state index contributed by atoms with van der Waals surface area (Å²) >= 11 is 5.68. The summed E-state index contributed by atoms with van der Waals surface area (Å²) in [4.78, 5) is 25.1. The van der Waals surface area contributed by atoms with Gasteiger partial charge in [0.2, 0.25) is 11.7 Å². The molecule has 2 aromatic carbocycles. The Bertz CT molecular complexity index is 1350. The Labute approximate surface area is 206 Å². The first-order valence-electron chi connectivity index (χ1n) is 11.2. The van der Waals surface area contributed by atoms with Gasteiger partial charge in [0, 0.05) is 18.0 Å². The molecule has 0 aliphatic carbocycles. The van der Waals surface area contributed by atoms with E-state index < -0.39 is 0 Å². The first kappa shape index (κ1) is 24.2. The zero-order valence-electron chi connectivity index (χ0n) is 18.9. The molecule has 180 valence electrons. The molecule has 35 heavy (non-hydrogen) atoms. The van der Waals surface area contributed by atoms with Crippen molar-refractivity contribution < 1.29 is 13.9 Å². The summed E-state index contributed by atoms with van der Waals surface area (Å²) in [5.74, 6) is 1.50. The molecule has 0 saturated heterocycles. The summed E-state index contributed by atoms with van der Waals surface area (Å²) in [6.45, 7) is 0.662. The van der Waals surface area contributed by atoms with Crippen LogP contribution in [0.2, 0.25) is 0 Å². The fourth-order valence-electron chi connectivity index (χ4n) is 3.42. The molecule has 0 unspecified atom stereocenters. The van der Waals surface area contributed by atoms with Crippen molar-refractivity contribution in [3.05, 3.63) is 70.4 Å². The summed E-state index contributed by atoms with van der Waals surface area (Å²) in [5.41, 5.74) is 1.16. The van der Waals surface area contributed by atoms with E-state index in [4.69, 9.17) is 20.8 Å². The van der Waals surface area contributed by atoms with Crippen molar-refractivity contribution in [1.82, 2.24) is 20.6 Å². The number of hydrogen-bond acceptors (Lipinski definition) is 7. The zero-order chi connectivity index (χ0) is 24.5. The number of carbonyl (C=O) groups excluding carboxylic acids is 1. The van der Waals surface area contributed by atoms with Crippen molar-refractivity contribution >= 4 is 40.2 Å². The third-order valence-corrected chi connectivity index (χ3v) is 5.46. The number of unbranched alkanes of at least 4 members (excludes halogenated alkanes) is 3. The predicted octanol–water partition coefficient (Wildman–Crippen LogP) is 4.80. The number of nitrogens with zero attached hydrogens (tertiary/aromatic N) is 3. The first-order chi connectivity index (χ1) is 17.1. The van der Waals surface area contributed by atoms with Gasteiger partial charge in [-0.2, -0.15) is 0 Å². The Balaban J connectivity index is 1.39. The highest BCUT2D eigenvalue weighted by Crippen LogP contribution is 2.25. The van der Waals surface area contributed by atoms with Gasteiger partial charge in [-0.05, 0) is 59.2 Å². The molecule has 0 radical (unpaired) electrons. The summed E-state index contributed by atoms with van der Waals surface area (Å²) < 4.78 is 11.6. The molecule has 1 amide bonds. The fraction of sp³-hybridized carbons (Fsp3) is 0.240. The maximum absolute atomic E-state index is 12.6. The Hall–Kier alpha value is -3.98. The summed E-state index contributed by atoms with van der Waals surface area (Å²) in [5, 5.41) is 16.4. The molecule has 0 aliphatic heterocycles. The van der Waals surface area contributed by atoms with E-state index >= 15 is 0 Å². The molecule has 10 heteroatoms. The smallest absolute Gasteiger partial charge is 0.248 e. The van der Waals surface area contributed by atoms with Crippen LogP contribution in [-0.4, -0.2) is 39.0 Å². The standard InChI is InChI=1S/C25H24ClN5O4/c26-14-3-1-2-4-15-34-18-11-8-17(9-12-18)10-13-23(33)27-20-7-5-6-19-21(32)16-22(35-24(19)20)25-28-30-31-29-25/h5-13,16H,1-4,14-15H2,(H,27,33)(H,28,29,30,31)/b13-10+. The van der Waals surface area contributed by atoms with Crippen LogP contribution in [0.1, 0.15) is 31.2 Å². The van der Waals surface area contributed by atoms with E-state index in [0.29, 0.717) is 23.6 Å². The largest absolute Gasteiger partial charge is 0.494 e. The molecule has 0 aliphatic rings. The number of ether oxygens (including phenoxy) is 1. The number of benzene rings is 2. The molecule has 4 rings (SSSR count). The lowest BCUT2D eigenvalue weighted by atomic mass is 10.2. The van der Waals surface area contributed by atoms with Gasteiger partial charge in [-0.1, -0.05) is 31.0 Å². The molecule has 2 aromatic heterocycles. The highest BCUT2D eigenvalue weighted by molar-refractivity contribution is 6.17. The van der Waals surface area contributed by atoms with Crippen LogP contribution in [0.15, 0.2) is 63.8 Å². The number of rotatable bonds is 11. The van der Waals surface area contributed by atoms with Crippen LogP contribution in [0, 0.1) is 0 Å². The lowest BCUT2D eigenvalue weighted by Gasteiger charge is -2.07. The van der Waals surface area contributed by atoms with Gasteiger partial charge in [0.25, 0.3) is 0 Å². The van der Waals surface area contributed by atoms with E-state index in [9.17, 15) is 9.59 Å². The van der Waals surface area contributed by atoms with Gasteiger partial charge < -0.3 is 14.5 Å². The molecular weight excluding hydrogens is 470 g/mol. The third-order valence-electron chi connectivity index (χ3n) is 5.20. The maximum Gasteiger partial charge on any atom is 0.248 e. The number of aromatic nitrogens is 4. The van der Waals surface area contributed by atoms with Gasteiger partial charge in [0.1, 0.15) is 5.75 Å². The average molecular weight is 494 g/mol. The Morgan fingerprint density at radius 1 is 1.11 bits per heavy atom. The van der Waals surface area contributed by atoms with Gasteiger partial charge in [0.15, 0.2) is 16.8 Å². The second kappa shape index (κ2) is 11.9. The molecule has 0 bridgehead atoms. The number of nitrogens with one attached hydrogen (secondary N) is 2. The Morgan fingerprint density at radius 3 is 2.71 bits per heavy atom. The van der Waals surface area contributed by atoms with Crippen LogP contribution >= 0.6 is 11.6 Å². The van der Waals surface area contributed by atoms with Gasteiger partial charge in [-0.25, -0.2) is 5.10 Å². The molecule has 0 spiro atoms. The van der Waals surface area contributed by atoms with Crippen molar-refractivity contribution in [2.45, 2.75) is 25.7 Å². The second-order valence-corrected chi connectivity index (χ2v) is 8.13. The van der Waals surface area contributed by atoms with Gasteiger partial charge in [0.05, 0.1) is 17.7 Å². The SMILES string of the molecule is O=C(/C=C/c1ccc(OCCCCCCCl)cc1)Nc1cccc2c(=O)cc(-c3nnn[nH]3)oc12. The quantitative estimate of drug-likeness (QED) is 0.175. The molecular formula is C25H24ClN5O4. The van der Waals surface area contributed by atoms with Crippen molar-refractivity contribution in [2.75, 3.05) is 17.8 Å². The minimum Gasteiger partial charge on any atom is -0.494 e. The zero-order valence-corrected chi connectivity index (χ0v) is 19.6. The number of amides is 1. The summed E-state index contributed by atoms with van der Waals surface area (Å²) in [6.07, 6.45) is 7.34. The molecule has 2 heterocycles. The number of fused-ring (bicyclic) bond motifs is 1. The minimum absolute atomic E-state index is 0.169. The monoisotopic (exact) mass is 493 g/mol. The van der Waals surface area contributed by atoms with Crippen molar-refractivity contribution in [3.63, 3.8) is 0 Å². The molecule has 0 atom stereocenters. The number of hydrogen-bond donors (Lipinski definition) is 2. The van der Waals surface area contributed by atoms with Crippen LogP contribution in [-0.2, 0) is 4.79 Å². The molecule has 4 aromatic rings. The van der Waals surface area contributed by atoms with E-state index in [1.165, 1.54) is 12.1 Å². The van der Waals surface area contributed by atoms with Crippen LogP contribution in [0.5, 0.6) is 5.75 Å². The number of aromatic amines is 1. The first-order valence-corrected chi connectivity index (χ1v) is 11.8. The molecule has 0 fully saturated rings. The van der Waals surface area contributed by atoms with Crippen molar-refractivity contribution in [3.8, 4) is 17.3 Å². The summed E-state index contributed by atoms with van der Waals surface area (Å²) in [7, 11) is 0. The fourth-order valence-corrected chi connectivity index (χ4v) is 3.61. The highest BCUT2D eigenvalue weighted by Gasteiger charge is 2.13. The number of anilines is 1. The van der Waals surface area contributed by atoms with E-state index in [1.54, 1.807) is 24.3 Å². The van der Waals surface area contributed by atoms with E-state index in [0.717, 1.165) is 37.0 Å². The second-order valence-electron chi connectivity index (χ2n) is 7.75.